The average Bonchev–Trinajstić information content (AvgIpc) is 3.00. The number of imidazole rings is 1. The fraction of sp³-hybridized carbons (Fsp3) is 0.235. The number of nitrogens with zero attached hydrogens (tertiary/aromatic N) is 2. The summed E-state index contributed by atoms with van der Waals surface area (Å²) in [6.45, 7) is 1.18. The van der Waals surface area contributed by atoms with Gasteiger partial charge in [0.15, 0.2) is 0 Å². The standard InChI is InChI=1S/C17H16Cl2N2O4S/c1-24-6-7-25-11-21-10-20-15-9-17(14(19)8-16(15)21)26(22,23)13-4-2-12(18)3-5-13/h2-5,8-10H,6-7,11H2,1H3. The normalized spacial score (nSPS) is 12.0. The van der Waals surface area contributed by atoms with Crippen molar-refractivity contribution < 1.29 is 17.9 Å². The summed E-state index contributed by atoms with van der Waals surface area (Å²) in [7, 11) is -2.18. The molecule has 0 aliphatic rings. The number of hydrogen-bond acceptors (Lipinski definition) is 5. The number of sulfone groups is 1. The second-order valence-electron chi connectivity index (χ2n) is 5.47. The summed E-state index contributed by atoms with van der Waals surface area (Å²) in [5, 5.41) is 0.573. The van der Waals surface area contributed by atoms with Gasteiger partial charge in [0, 0.05) is 12.1 Å². The van der Waals surface area contributed by atoms with Gasteiger partial charge >= 0.3 is 0 Å². The fourth-order valence-corrected chi connectivity index (χ4v) is 4.33. The summed E-state index contributed by atoms with van der Waals surface area (Å²) in [5.74, 6) is 0. The van der Waals surface area contributed by atoms with Gasteiger partial charge in [0.05, 0.1) is 45.4 Å². The van der Waals surface area contributed by atoms with Crippen molar-refractivity contribution in [1.82, 2.24) is 9.55 Å². The second-order valence-corrected chi connectivity index (χ2v) is 8.23. The van der Waals surface area contributed by atoms with Crippen LogP contribution in [0.15, 0.2) is 52.5 Å². The first-order valence-electron chi connectivity index (χ1n) is 7.65. The molecule has 0 unspecified atom stereocenters. The Kier molecular flexibility index (Phi) is 5.84. The maximum atomic E-state index is 12.9. The van der Waals surface area contributed by atoms with Gasteiger partial charge in [0.25, 0.3) is 0 Å². The van der Waals surface area contributed by atoms with E-state index in [2.05, 4.69) is 4.98 Å². The van der Waals surface area contributed by atoms with Crippen LogP contribution < -0.4 is 0 Å². The summed E-state index contributed by atoms with van der Waals surface area (Å²) in [4.78, 5) is 4.36. The van der Waals surface area contributed by atoms with Gasteiger partial charge in [-0.15, -0.1) is 0 Å². The van der Waals surface area contributed by atoms with Crippen LogP contribution in [0.5, 0.6) is 0 Å². The summed E-state index contributed by atoms with van der Waals surface area (Å²) in [5.41, 5.74) is 1.19. The maximum Gasteiger partial charge on any atom is 0.208 e. The summed E-state index contributed by atoms with van der Waals surface area (Å²) >= 11 is 12.1. The first-order chi connectivity index (χ1) is 12.4. The third-order valence-corrected chi connectivity index (χ3v) is 6.24. The molecule has 6 nitrogen and oxygen atoms in total. The van der Waals surface area contributed by atoms with Gasteiger partial charge in [-0.1, -0.05) is 23.2 Å². The van der Waals surface area contributed by atoms with E-state index in [-0.39, 0.29) is 21.5 Å². The number of methoxy groups -OCH3 is 1. The van der Waals surface area contributed by atoms with Crippen molar-refractivity contribution in [2.45, 2.75) is 16.5 Å². The highest BCUT2D eigenvalue weighted by Gasteiger charge is 2.22. The molecule has 1 heterocycles. The largest absolute Gasteiger partial charge is 0.382 e. The van der Waals surface area contributed by atoms with Gasteiger partial charge in [-0.3, -0.25) is 0 Å². The van der Waals surface area contributed by atoms with E-state index in [0.29, 0.717) is 29.3 Å². The number of halogens is 2. The van der Waals surface area contributed by atoms with Crippen LogP contribution in [0.3, 0.4) is 0 Å². The van der Waals surface area contributed by atoms with Gasteiger partial charge < -0.3 is 14.0 Å². The zero-order valence-electron chi connectivity index (χ0n) is 13.9. The van der Waals surface area contributed by atoms with Gasteiger partial charge in [-0.25, -0.2) is 13.4 Å². The van der Waals surface area contributed by atoms with Crippen LogP contribution in [-0.2, 0) is 26.0 Å². The molecule has 0 radical (unpaired) electrons. The lowest BCUT2D eigenvalue weighted by molar-refractivity contribution is 0.0358. The van der Waals surface area contributed by atoms with E-state index in [0.717, 1.165) is 0 Å². The molecule has 9 heteroatoms. The quantitative estimate of drug-likeness (QED) is 0.549. The molecule has 138 valence electrons. The topological polar surface area (TPSA) is 70.4 Å². The Morgan fingerprint density at radius 1 is 1.12 bits per heavy atom. The van der Waals surface area contributed by atoms with Crippen LogP contribution in [0.4, 0.5) is 0 Å². The third-order valence-electron chi connectivity index (χ3n) is 3.75. The Morgan fingerprint density at radius 3 is 2.54 bits per heavy atom. The molecular weight excluding hydrogens is 399 g/mol. The van der Waals surface area contributed by atoms with E-state index >= 15 is 0 Å². The molecule has 0 aliphatic carbocycles. The molecule has 0 N–H and O–H groups in total. The number of benzene rings is 2. The molecule has 0 saturated carbocycles. The SMILES string of the molecule is COCCOCn1cnc2cc(S(=O)(=O)c3ccc(Cl)cc3)c(Cl)cc21. The Morgan fingerprint density at radius 2 is 1.85 bits per heavy atom. The molecule has 0 spiro atoms. The smallest absolute Gasteiger partial charge is 0.208 e. The molecule has 0 bridgehead atoms. The van der Waals surface area contributed by atoms with Crippen molar-refractivity contribution in [2.24, 2.45) is 0 Å². The third kappa shape index (κ3) is 3.87. The van der Waals surface area contributed by atoms with Crippen molar-refractivity contribution in [3.63, 3.8) is 0 Å². The molecule has 3 rings (SSSR count). The molecule has 0 amide bonds. The lowest BCUT2D eigenvalue weighted by Gasteiger charge is -2.09. The number of ether oxygens (including phenoxy) is 2. The number of rotatable bonds is 7. The predicted molar refractivity (Wildman–Crippen MR) is 99.5 cm³/mol. The van der Waals surface area contributed by atoms with Crippen LogP contribution in [0.1, 0.15) is 0 Å². The Hall–Kier alpha value is -1.64. The van der Waals surface area contributed by atoms with E-state index in [1.54, 1.807) is 24.1 Å². The molecule has 0 atom stereocenters. The number of hydrogen-bond donors (Lipinski definition) is 0. The first kappa shape index (κ1) is 19.1. The zero-order chi connectivity index (χ0) is 18.7. The van der Waals surface area contributed by atoms with E-state index in [1.165, 1.54) is 30.3 Å². The molecule has 1 aromatic heterocycles. The summed E-state index contributed by atoms with van der Waals surface area (Å²) in [6.07, 6.45) is 1.58. The van der Waals surface area contributed by atoms with E-state index < -0.39 is 9.84 Å². The Bertz CT molecular complexity index is 1020. The highest BCUT2D eigenvalue weighted by atomic mass is 35.5. The van der Waals surface area contributed by atoms with Crippen molar-refractivity contribution >= 4 is 44.1 Å². The molecule has 26 heavy (non-hydrogen) atoms. The van der Waals surface area contributed by atoms with Gasteiger partial charge in [0.1, 0.15) is 6.73 Å². The zero-order valence-corrected chi connectivity index (χ0v) is 16.2. The van der Waals surface area contributed by atoms with Crippen molar-refractivity contribution in [3.05, 3.63) is 52.8 Å². The number of fused-ring (bicyclic) bond motifs is 1. The lowest BCUT2D eigenvalue weighted by Crippen LogP contribution is -2.06. The van der Waals surface area contributed by atoms with Crippen LogP contribution in [0.25, 0.3) is 11.0 Å². The average molecular weight is 415 g/mol. The Balaban J connectivity index is 1.95. The monoisotopic (exact) mass is 414 g/mol. The minimum absolute atomic E-state index is 0.000425. The van der Waals surface area contributed by atoms with Gasteiger partial charge in [0.2, 0.25) is 9.84 Å². The minimum atomic E-state index is -3.78. The van der Waals surface area contributed by atoms with Gasteiger partial charge in [-0.05, 0) is 36.4 Å². The van der Waals surface area contributed by atoms with Crippen LogP contribution in [0, 0.1) is 0 Å². The van der Waals surface area contributed by atoms with Gasteiger partial charge in [-0.2, -0.15) is 0 Å². The fourth-order valence-electron chi connectivity index (χ4n) is 2.41. The van der Waals surface area contributed by atoms with Crippen molar-refractivity contribution in [3.8, 4) is 0 Å². The van der Waals surface area contributed by atoms with Crippen molar-refractivity contribution in [1.29, 1.82) is 0 Å². The first-order valence-corrected chi connectivity index (χ1v) is 9.89. The molecule has 0 aliphatic heterocycles. The maximum absolute atomic E-state index is 12.9. The molecule has 2 aromatic carbocycles. The predicted octanol–water partition coefficient (Wildman–Crippen LogP) is 3.80. The lowest BCUT2D eigenvalue weighted by atomic mass is 10.3. The molecule has 3 aromatic rings. The van der Waals surface area contributed by atoms with E-state index in [1.807, 2.05) is 0 Å². The van der Waals surface area contributed by atoms with Crippen LogP contribution >= 0.6 is 23.2 Å². The van der Waals surface area contributed by atoms with E-state index in [4.69, 9.17) is 32.7 Å². The second kappa shape index (κ2) is 7.94. The Labute approximate surface area is 161 Å². The molecule has 0 saturated heterocycles. The molecule has 0 fully saturated rings. The highest BCUT2D eigenvalue weighted by Crippen LogP contribution is 2.31. The highest BCUT2D eigenvalue weighted by molar-refractivity contribution is 7.91. The van der Waals surface area contributed by atoms with Crippen LogP contribution in [-0.4, -0.2) is 38.3 Å². The van der Waals surface area contributed by atoms with Crippen LogP contribution in [0.2, 0.25) is 10.0 Å². The summed E-state index contributed by atoms with van der Waals surface area (Å²) in [6, 6.07) is 8.97. The summed E-state index contributed by atoms with van der Waals surface area (Å²) < 4.78 is 37.9. The van der Waals surface area contributed by atoms with E-state index in [9.17, 15) is 8.42 Å². The molecular formula is C17H16Cl2N2O4S. The minimum Gasteiger partial charge on any atom is -0.382 e. The number of aromatic nitrogens is 2. The van der Waals surface area contributed by atoms with Crippen molar-refractivity contribution in [2.75, 3.05) is 20.3 Å².